The largest absolute Gasteiger partial charge is 0.349 e. The van der Waals surface area contributed by atoms with Crippen molar-refractivity contribution < 1.29 is 13.2 Å². The number of nitrogens with one attached hydrogen (secondary N) is 3. The number of nitrogens with zero attached hydrogens (tertiary/aromatic N) is 2. The van der Waals surface area contributed by atoms with Crippen LogP contribution in [-0.2, 0) is 41.3 Å². The van der Waals surface area contributed by atoms with Gasteiger partial charge in [0.05, 0.1) is 11.4 Å². The van der Waals surface area contributed by atoms with E-state index in [4.69, 9.17) is 12.2 Å². The number of aryl methyl sites for hydroxylation is 2. The van der Waals surface area contributed by atoms with E-state index in [9.17, 15) is 13.2 Å². The fraction of sp³-hybridized carbons (Fsp3) is 0.471. The van der Waals surface area contributed by atoms with Crippen molar-refractivity contribution in [1.82, 2.24) is 24.8 Å². The summed E-state index contributed by atoms with van der Waals surface area (Å²) in [4.78, 5) is 12.2. The molecule has 2 aromatic rings. The highest BCUT2D eigenvalue weighted by Crippen LogP contribution is 2.23. The summed E-state index contributed by atoms with van der Waals surface area (Å²) in [5.41, 5.74) is 2.34. The Bertz CT molecular complexity index is 994. The fourth-order valence-electron chi connectivity index (χ4n) is 3.06. The zero-order valence-electron chi connectivity index (χ0n) is 15.1. The Morgan fingerprint density at radius 2 is 2.04 bits per heavy atom. The van der Waals surface area contributed by atoms with Crippen LogP contribution in [0.25, 0.3) is 0 Å². The van der Waals surface area contributed by atoms with Crippen LogP contribution in [0.5, 0.6) is 0 Å². The third kappa shape index (κ3) is 4.82. The maximum atomic E-state index is 12.5. The molecule has 3 N–H and O–H groups in total. The number of sulfonamides is 1. The molecule has 1 amide bonds. The maximum Gasteiger partial charge on any atom is 0.240 e. The summed E-state index contributed by atoms with van der Waals surface area (Å²) >= 11 is 5.00. The minimum Gasteiger partial charge on any atom is -0.349 e. The standard InChI is InChI=1S/C17H23N5O3S2/c1-22-15(20-21-17(22)26)11-18-16(23)8-9-19-27(24,25)14-7-6-12-4-2-3-5-13(12)10-14/h6-7,10,19H,2-5,8-9,11H2,1H3,(H,18,23)(H,21,26). The lowest BCUT2D eigenvalue weighted by Gasteiger charge is -2.16. The Hall–Kier alpha value is -2.04. The van der Waals surface area contributed by atoms with Crippen LogP contribution < -0.4 is 10.0 Å². The Kier molecular flexibility index (Phi) is 6.08. The lowest BCUT2D eigenvalue weighted by atomic mass is 9.92. The fourth-order valence-corrected chi connectivity index (χ4v) is 4.30. The number of carbonyl (C=O) groups excluding carboxylic acids is 1. The van der Waals surface area contributed by atoms with Crippen molar-refractivity contribution in [2.45, 2.75) is 43.5 Å². The molecule has 1 heterocycles. The molecule has 0 radical (unpaired) electrons. The van der Waals surface area contributed by atoms with Gasteiger partial charge in [0.15, 0.2) is 10.6 Å². The van der Waals surface area contributed by atoms with E-state index in [-0.39, 0.29) is 30.3 Å². The van der Waals surface area contributed by atoms with Crippen molar-refractivity contribution >= 4 is 28.1 Å². The first-order valence-electron chi connectivity index (χ1n) is 8.85. The van der Waals surface area contributed by atoms with E-state index >= 15 is 0 Å². The molecule has 0 unspecified atom stereocenters. The van der Waals surface area contributed by atoms with Crippen LogP contribution in [0.3, 0.4) is 0 Å². The number of hydrogen-bond donors (Lipinski definition) is 3. The first kappa shape index (κ1) is 19.7. The average Bonchev–Trinajstić information content (AvgIpc) is 2.98. The number of carbonyl (C=O) groups is 1. The molecule has 1 aliphatic carbocycles. The number of benzene rings is 1. The molecule has 8 nitrogen and oxygen atoms in total. The number of aromatic nitrogens is 3. The molecule has 0 bridgehead atoms. The zero-order chi connectivity index (χ0) is 19.4. The predicted molar refractivity (Wildman–Crippen MR) is 103 cm³/mol. The molecular formula is C17H23N5O3S2. The third-order valence-electron chi connectivity index (χ3n) is 4.69. The molecule has 0 atom stereocenters. The molecule has 0 fully saturated rings. The van der Waals surface area contributed by atoms with Crippen molar-refractivity contribution in [2.75, 3.05) is 6.54 Å². The molecule has 1 aromatic carbocycles. The minimum absolute atomic E-state index is 0.0320. The number of aromatic amines is 1. The second kappa shape index (κ2) is 8.32. The van der Waals surface area contributed by atoms with Crippen LogP contribution in [0.4, 0.5) is 0 Å². The van der Waals surface area contributed by atoms with Crippen molar-refractivity contribution in [3.63, 3.8) is 0 Å². The van der Waals surface area contributed by atoms with Crippen LogP contribution >= 0.6 is 12.2 Å². The van der Waals surface area contributed by atoms with E-state index in [1.165, 1.54) is 5.56 Å². The smallest absolute Gasteiger partial charge is 0.240 e. The molecule has 146 valence electrons. The number of amides is 1. The highest BCUT2D eigenvalue weighted by Gasteiger charge is 2.18. The topological polar surface area (TPSA) is 109 Å². The summed E-state index contributed by atoms with van der Waals surface area (Å²) in [7, 11) is -1.88. The Balaban J connectivity index is 1.51. The first-order chi connectivity index (χ1) is 12.9. The van der Waals surface area contributed by atoms with E-state index in [2.05, 4.69) is 20.2 Å². The summed E-state index contributed by atoms with van der Waals surface area (Å²) in [6.45, 7) is 0.254. The van der Waals surface area contributed by atoms with E-state index in [0.717, 1.165) is 31.2 Å². The summed E-state index contributed by atoms with van der Waals surface area (Å²) in [5, 5.41) is 9.33. The second-order valence-corrected chi connectivity index (χ2v) is 8.72. The number of hydrogen-bond acceptors (Lipinski definition) is 5. The summed E-state index contributed by atoms with van der Waals surface area (Å²) in [6.07, 6.45) is 4.20. The van der Waals surface area contributed by atoms with Gasteiger partial charge in [-0.3, -0.25) is 9.89 Å². The van der Waals surface area contributed by atoms with Crippen molar-refractivity contribution in [3.8, 4) is 0 Å². The molecule has 0 spiro atoms. The lowest BCUT2D eigenvalue weighted by molar-refractivity contribution is -0.121. The molecule has 1 aliphatic rings. The van der Waals surface area contributed by atoms with E-state index in [0.29, 0.717) is 10.6 Å². The molecule has 1 aromatic heterocycles. The summed E-state index contributed by atoms with van der Waals surface area (Å²) in [5.74, 6) is 0.333. The van der Waals surface area contributed by atoms with Crippen LogP contribution in [0.1, 0.15) is 36.2 Å². The minimum atomic E-state index is -3.63. The number of H-pyrrole nitrogens is 1. The Morgan fingerprint density at radius 3 is 2.74 bits per heavy atom. The average molecular weight is 410 g/mol. The van der Waals surface area contributed by atoms with Gasteiger partial charge in [-0.1, -0.05) is 6.07 Å². The molecule has 0 saturated carbocycles. The maximum absolute atomic E-state index is 12.5. The van der Waals surface area contributed by atoms with Gasteiger partial charge in [-0.05, 0) is 61.2 Å². The van der Waals surface area contributed by atoms with Gasteiger partial charge in [0.2, 0.25) is 15.9 Å². The molecular weight excluding hydrogens is 386 g/mol. The van der Waals surface area contributed by atoms with Gasteiger partial charge in [-0.15, -0.1) is 0 Å². The van der Waals surface area contributed by atoms with Gasteiger partial charge >= 0.3 is 0 Å². The van der Waals surface area contributed by atoms with Crippen molar-refractivity contribution in [1.29, 1.82) is 0 Å². The Morgan fingerprint density at radius 1 is 1.30 bits per heavy atom. The van der Waals surface area contributed by atoms with E-state index in [1.54, 1.807) is 23.7 Å². The highest BCUT2D eigenvalue weighted by atomic mass is 32.2. The van der Waals surface area contributed by atoms with Crippen LogP contribution in [0, 0.1) is 4.77 Å². The summed E-state index contributed by atoms with van der Waals surface area (Å²) < 4.78 is 29.5. The lowest BCUT2D eigenvalue weighted by Crippen LogP contribution is -2.31. The third-order valence-corrected chi connectivity index (χ3v) is 6.51. The van der Waals surface area contributed by atoms with Gasteiger partial charge in [0, 0.05) is 20.0 Å². The number of fused-ring (bicyclic) bond motifs is 1. The predicted octanol–water partition coefficient (Wildman–Crippen LogP) is 1.34. The highest BCUT2D eigenvalue weighted by molar-refractivity contribution is 7.89. The van der Waals surface area contributed by atoms with Gasteiger partial charge < -0.3 is 9.88 Å². The van der Waals surface area contributed by atoms with Crippen LogP contribution in [-0.4, -0.2) is 35.6 Å². The first-order valence-corrected chi connectivity index (χ1v) is 10.7. The monoisotopic (exact) mass is 409 g/mol. The van der Waals surface area contributed by atoms with Gasteiger partial charge in [0.25, 0.3) is 0 Å². The van der Waals surface area contributed by atoms with Crippen molar-refractivity contribution in [3.05, 3.63) is 39.9 Å². The summed E-state index contributed by atoms with van der Waals surface area (Å²) in [6, 6.07) is 5.28. The Labute approximate surface area is 163 Å². The van der Waals surface area contributed by atoms with E-state index < -0.39 is 10.0 Å². The van der Waals surface area contributed by atoms with Crippen LogP contribution in [0.2, 0.25) is 0 Å². The number of rotatable bonds is 7. The molecule has 27 heavy (non-hydrogen) atoms. The molecule has 0 saturated heterocycles. The molecule has 3 rings (SSSR count). The zero-order valence-corrected chi connectivity index (χ0v) is 16.8. The molecule has 0 aliphatic heterocycles. The van der Waals surface area contributed by atoms with Gasteiger partial charge in [-0.25, -0.2) is 13.1 Å². The van der Waals surface area contributed by atoms with E-state index in [1.807, 2.05) is 6.07 Å². The SMILES string of the molecule is Cn1c(CNC(=O)CCNS(=O)(=O)c2ccc3c(c2)CCCC3)n[nH]c1=S. The second-order valence-electron chi connectivity index (χ2n) is 6.57. The van der Waals surface area contributed by atoms with Gasteiger partial charge in [0.1, 0.15) is 0 Å². The van der Waals surface area contributed by atoms with Crippen LogP contribution in [0.15, 0.2) is 23.1 Å². The van der Waals surface area contributed by atoms with Crippen molar-refractivity contribution in [2.24, 2.45) is 7.05 Å². The van der Waals surface area contributed by atoms with Gasteiger partial charge in [-0.2, -0.15) is 5.10 Å². The quantitative estimate of drug-likeness (QED) is 0.598. The molecule has 10 heteroatoms. The normalized spacial score (nSPS) is 14.0.